The van der Waals surface area contributed by atoms with Gasteiger partial charge >= 0.3 is 0 Å². The molecule has 0 atom stereocenters. The molecule has 0 saturated carbocycles. The van der Waals surface area contributed by atoms with Crippen LogP contribution in [0.1, 0.15) is 15.2 Å². The van der Waals surface area contributed by atoms with Crippen LogP contribution in [0.3, 0.4) is 0 Å². The minimum atomic E-state index is 0.477. The Hall–Kier alpha value is -1.81. The van der Waals surface area contributed by atoms with E-state index in [9.17, 15) is 4.79 Å². The normalized spacial score (nSPS) is 9.94. The maximum absolute atomic E-state index is 10.9. The number of rotatable bonds is 5. The maximum atomic E-state index is 10.9. The van der Waals surface area contributed by atoms with Crippen molar-refractivity contribution in [2.45, 2.75) is 6.61 Å². The molecule has 0 N–H and O–H groups in total. The molecule has 0 unspecified atom stereocenters. The average molecular weight is 248 g/mol. The summed E-state index contributed by atoms with van der Waals surface area (Å²) in [5.74, 6) is 1.23. The Kier molecular flexibility index (Phi) is 3.77. The van der Waals surface area contributed by atoms with Gasteiger partial charge in [0.1, 0.15) is 18.1 Å². The number of methoxy groups -OCH3 is 1. The van der Waals surface area contributed by atoms with Gasteiger partial charge in [-0.15, -0.1) is 11.3 Å². The molecule has 0 amide bonds. The first-order valence-corrected chi connectivity index (χ1v) is 6.00. The number of thiophene rings is 1. The largest absolute Gasteiger partial charge is 0.497 e. The van der Waals surface area contributed by atoms with Crippen molar-refractivity contribution in [3.05, 3.63) is 46.2 Å². The molecule has 0 aliphatic carbocycles. The summed E-state index contributed by atoms with van der Waals surface area (Å²) in [5.41, 5.74) is 0.501. The fraction of sp³-hybridized carbons (Fsp3) is 0.154. The molecule has 4 heteroatoms. The number of carbonyl (C=O) groups excluding carboxylic acids is 1. The molecule has 0 aliphatic rings. The summed E-state index contributed by atoms with van der Waals surface area (Å²) in [7, 11) is 1.57. The molecule has 0 bridgehead atoms. The van der Waals surface area contributed by atoms with Crippen LogP contribution < -0.4 is 9.47 Å². The topological polar surface area (TPSA) is 35.5 Å². The fourth-order valence-corrected chi connectivity index (χ4v) is 2.04. The molecule has 88 valence electrons. The highest BCUT2D eigenvalue weighted by atomic mass is 32.1. The Labute approximate surface area is 104 Å². The van der Waals surface area contributed by atoms with E-state index in [1.54, 1.807) is 36.6 Å². The lowest BCUT2D eigenvalue weighted by atomic mass is 10.2. The van der Waals surface area contributed by atoms with Gasteiger partial charge in [-0.3, -0.25) is 4.79 Å². The highest BCUT2D eigenvalue weighted by Gasteiger charge is 2.05. The van der Waals surface area contributed by atoms with E-state index in [2.05, 4.69) is 0 Å². The standard InChI is InChI=1S/C13H12O3S/c1-15-11-4-5-13(10(7-11)8-14)16-9-12-3-2-6-17-12/h2-8H,9H2,1H3. The number of hydrogen-bond acceptors (Lipinski definition) is 4. The van der Waals surface area contributed by atoms with E-state index in [-0.39, 0.29) is 0 Å². The van der Waals surface area contributed by atoms with Crippen LogP contribution in [0.5, 0.6) is 11.5 Å². The minimum absolute atomic E-state index is 0.477. The van der Waals surface area contributed by atoms with Gasteiger partial charge in [0.05, 0.1) is 12.7 Å². The predicted octanol–water partition coefficient (Wildman–Crippen LogP) is 3.15. The third-order valence-electron chi connectivity index (χ3n) is 2.29. The highest BCUT2D eigenvalue weighted by Crippen LogP contribution is 2.24. The van der Waals surface area contributed by atoms with Gasteiger partial charge in [0.2, 0.25) is 0 Å². The van der Waals surface area contributed by atoms with Gasteiger partial charge in [-0.05, 0) is 29.6 Å². The molecule has 2 aromatic rings. The first-order valence-electron chi connectivity index (χ1n) is 5.12. The molecule has 1 aromatic heterocycles. The smallest absolute Gasteiger partial charge is 0.153 e. The van der Waals surface area contributed by atoms with Crippen LogP contribution in [-0.2, 0) is 6.61 Å². The van der Waals surface area contributed by atoms with Crippen LogP contribution in [0.4, 0.5) is 0 Å². The summed E-state index contributed by atoms with van der Waals surface area (Å²) in [6.45, 7) is 0.477. The summed E-state index contributed by atoms with van der Waals surface area (Å²) in [6.07, 6.45) is 0.770. The maximum Gasteiger partial charge on any atom is 0.153 e. The zero-order valence-electron chi connectivity index (χ0n) is 9.38. The number of benzene rings is 1. The van der Waals surface area contributed by atoms with Gasteiger partial charge in [0, 0.05) is 4.88 Å². The van der Waals surface area contributed by atoms with Crippen LogP contribution in [0, 0.1) is 0 Å². The summed E-state index contributed by atoms with van der Waals surface area (Å²) in [6, 6.07) is 9.15. The van der Waals surface area contributed by atoms with E-state index >= 15 is 0 Å². The van der Waals surface area contributed by atoms with Crippen molar-refractivity contribution < 1.29 is 14.3 Å². The van der Waals surface area contributed by atoms with E-state index in [0.29, 0.717) is 23.7 Å². The second kappa shape index (κ2) is 5.50. The molecular formula is C13H12O3S. The van der Waals surface area contributed by atoms with E-state index in [1.807, 2.05) is 17.5 Å². The van der Waals surface area contributed by atoms with Gasteiger partial charge in [-0.1, -0.05) is 6.07 Å². The molecule has 0 fully saturated rings. The van der Waals surface area contributed by atoms with Crippen molar-refractivity contribution in [2.24, 2.45) is 0 Å². The minimum Gasteiger partial charge on any atom is -0.497 e. The molecular weight excluding hydrogens is 236 g/mol. The van der Waals surface area contributed by atoms with Gasteiger partial charge in [-0.2, -0.15) is 0 Å². The summed E-state index contributed by atoms with van der Waals surface area (Å²) < 4.78 is 10.6. The lowest BCUT2D eigenvalue weighted by molar-refractivity contribution is 0.111. The Balaban J connectivity index is 2.12. The van der Waals surface area contributed by atoms with Gasteiger partial charge < -0.3 is 9.47 Å². The highest BCUT2D eigenvalue weighted by molar-refractivity contribution is 7.09. The first-order chi connectivity index (χ1) is 8.33. The molecule has 17 heavy (non-hydrogen) atoms. The SMILES string of the molecule is COc1ccc(OCc2cccs2)c(C=O)c1. The second-order valence-corrected chi connectivity index (χ2v) is 4.42. The molecule has 0 radical (unpaired) electrons. The van der Waals surface area contributed by atoms with Crippen LogP contribution in [0.2, 0.25) is 0 Å². The summed E-state index contributed by atoms with van der Waals surface area (Å²) >= 11 is 1.63. The third kappa shape index (κ3) is 2.85. The zero-order chi connectivity index (χ0) is 12.1. The quantitative estimate of drug-likeness (QED) is 0.762. The lowest BCUT2D eigenvalue weighted by Crippen LogP contribution is -1.97. The molecule has 1 aromatic carbocycles. The lowest BCUT2D eigenvalue weighted by Gasteiger charge is -2.08. The van der Waals surface area contributed by atoms with Crippen molar-refractivity contribution in [3.63, 3.8) is 0 Å². The van der Waals surface area contributed by atoms with E-state index in [1.165, 1.54) is 0 Å². The van der Waals surface area contributed by atoms with Crippen LogP contribution in [-0.4, -0.2) is 13.4 Å². The van der Waals surface area contributed by atoms with Crippen molar-refractivity contribution in [1.82, 2.24) is 0 Å². The Morgan fingerprint density at radius 3 is 2.88 bits per heavy atom. The monoisotopic (exact) mass is 248 g/mol. The molecule has 2 rings (SSSR count). The molecule has 0 aliphatic heterocycles. The Bertz CT molecular complexity index is 491. The molecule has 0 saturated heterocycles. The Morgan fingerprint density at radius 2 is 2.24 bits per heavy atom. The van der Waals surface area contributed by atoms with E-state index < -0.39 is 0 Å². The number of aldehydes is 1. The van der Waals surface area contributed by atoms with Crippen molar-refractivity contribution >= 4 is 17.6 Å². The van der Waals surface area contributed by atoms with Gasteiger partial charge in [-0.25, -0.2) is 0 Å². The number of hydrogen-bond donors (Lipinski definition) is 0. The second-order valence-electron chi connectivity index (χ2n) is 3.39. The number of ether oxygens (including phenoxy) is 2. The Morgan fingerprint density at radius 1 is 1.35 bits per heavy atom. The van der Waals surface area contributed by atoms with Crippen LogP contribution in [0.25, 0.3) is 0 Å². The van der Waals surface area contributed by atoms with Crippen molar-refractivity contribution in [2.75, 3.05) is 7.11 Å². The first kappa shape index (κ1) is 11.7. The number of carbonyl (C=O) groups is 1. The van der Waals surface area contributed by atoms with Crippen LogP contribution in [0.15, 0.2) is 35.7 Å². The third-order valence-corrected chi connectivity index (χ3v) is 3.14. The molecule has 0 spiro atoms. The van der Waals surface area contributed by atoms with Crippen LogP contribution >= 0.6 is 11.3 Å². The fourth-order valence-electron chi connectivity index (χ4n) is 1.42. The van der Waals surface area contributed by atoms with E-state index in [4.69, 9.17) is 9.47 Å². The van der Waals surface area contributed by atoms with Gasteiger partial charge in [0.15, 0.2) is 6.29 Å². The average Bonchev–Trinajstić information content (AvgIpc) is 2.89. The van der Waals surface area contributed by atoms with Gasteiger partial charge in [0.25, 0.3) is 0 Å². The van der Waals surface area contributed by atoms with Crippen molar-refractivity contribution in [1.29, 1.82) is 0 Å². The van der Waals surface area contributed by atoms with Crippen molar-refractivity contribution in [3.8, 4) is 11.5 Å². The molecule has 1 heterocycles. The summed E-state index contributed by atoms with van der Waals surface area (Å²) in [4.78, 5) is 12.0. The zero-order valence-corrected chi connectivity index (χ0v) is 10.2. The van der Waals surface area contributed by atoms with E-state index in [0.717, 1.165) is 11.2 Å². The predicted molar refractivity (Wildman–Crippen MR) is 67.0 cm³/mol. The summed E-state index contributed by atoms with van der Waals surface area (Å²) in [5, 5.41) is 1.99. The molecule has 3 nitrogen and oxygen atoms in total.